The van der Waals surface area contributed by atoms with E-state index in [4.69, 9.17) is 5.73 Å². The lowest BCUT2D eigenvalue weighted by atomic mass is 9.79. The Bertz CT molecular complexity index is 809. The number of rotatable bonds is 4. The predicted molar refractivity (Wildman–Crippen MR) is 103 cm³/mol. The van der Waals surface area contributed by atoms with Crippen molar-refractivity contribution in [1.82, 2.24) is 5.32 Å². The van der Waals surface area contributed by atoms with Crippen LogP contribution in [0.3, 0.4) is 0 Å². The molecule has 0 spiro atoms. The van der Waals surface area contributed by atoms with Crippen molar-refractivity contribution >= 4 is 5.91 Å². The van der Waals surface area contributed by atoms with Gasteiger partial charge in [0.1, 0.15) is 0 Å². The fourth-order valence-corrected chi connectivity index (χ4v) is 3.79. The van der Waals surface area contributed by atoms with E-state index in [-0.39, 0.29) is 17.6 Å². The maximum atomic E-state index is 12.8. The monoisotopic (exact) mass is 390 g/mol. The number of nitrogens with two attached hydrogens (primary N) is 1. The molecule has 0 saturated heterocycles. The molecule has 0 aromatic heterocycles. The van der Waals surface area contributed by atoms with Gasteiger partial charge in [-0.2, -0.15) is 13.2 Å². The Morgan fingerprint density at radius 1 is 1.07 bits per heavy atom. The first-order valence-corrected chi connectivity index (χ1v) is 9.54. The third-order valence-electron chi connectivity index (χ3n) is 5.53. The standard InChI is InChI=1S/C22H25F3N2O/c1-14-5-7-15(8-6-14)20(26)16-9-11-19(12-10-16)27-21(28)17-3-2-4-18(13-17)22(23,24)25/h2-8,13,16,19-20H,9-12,26H2,1H3,(H,27,28). The van der Waals surface area contributed by atoms with E-state index in [1.807, 2.05) is 6.92 Å². The average Bonchev–Trinajstić information content (AvgIpc) is 2.68. The highest BCUT2D eigenvalue weighted by atomic mass is 19.4. The van der Waals surface area contributed by atoms with Gasteiger partial charge in [-0.3, -0.25) is 4.79 Å². The molecule has 3 N–H and O–H groups in total. The molecule has 1 fully saturated rings. The van der Waals surface area contributed by atoms with E-state index in [1.165, 1.54) is 17.7 Å². The zero-order chi connectivity index (χ0) is 20.3. The summed E-state index contributed by atoms with van der Waals surface area (Å²) in [6.45, 7) is 2.04. The molecule has 0 aliphatic heterocycles. The molecule has 1 amide bonds. The molecule has 1 unspecified atom stereocenters. The number of nitrogens with one attached hydrogen (secondary N) is 1. The van der Waals surface area contributed by atoms with Crippen LogP contribution in [-0.4, -0.2) is 11.9 Å². The molecule has 1 aliphatic carbocycles. The topological polar surface area (TPSA) is 55.1 Å². The van der Waals surface area contributed by atoms with Crippen molar-refractivity contribution in [2.45, 2.75) is 50.9 Å². The molecule has 1 saturated carbocycles. The van der Waals surface area contributed by atoms with Crippen molar-refractivity contribution in [1.29, 1.82) is 0 Å². The molecular formula is C22H25F3N2O. The minimum absolute atomic E-state index is 0.0355. The quantitative estimate of drug-likeness (QED) is 0.772. The van der Waals surface area contributed by atoms with Crippen LogP contribution in [0.15, 0.2) is 48.5 Å². The van der Waals surface area contributed by atoms with Crippen molar-refractivity contribution < 1.29 is 18.0 Å². The van der Waals surface area contributed by atoms with Gasteiger partial charge >= 0.3 is 6.18 Å². The summed E-state index contributed by atoms with van der Waals surface area (Å²) in [5, 5.41) is 2.87. The van der Waals surface area contributed by atoms with Gasteiger partial charge in [-0.15, -0.1) is 0 Å². The number of halogens is 3. The summed E-state index contributed by atoms with van der Waals surface area (Å²) >= 11 is 0. The SMILES string of the molecule is Cc1ccc(C(N)C2CCC(NC(=O)c3cccc(C(F)(F)F)c3)CC2)cc1. The second kappa shape index (κ2) is 8.35. The van der Waals surface area contributed by atoms with E-state index in [9.17, 15) is 18.0 Å². The number of alkyl halides is 3. The molecule has 2 aromatic carbocycles. The first-order chi connectivity index (χ1) is 13.2. The second-order valence-corrected chi connectivity index (χ2v) is 7.60. The van der Waals surface area contributed by atoms with E-state index in [1.54, 1.807) is 0 Å². The predicted octanol–water partition coefficient (Wildman–Crippen LogP) is 5.00. The van der Waals surface area contributed by atoms with Gasteiger partial charge in [0, 0.05) is 17.6 Å². The van der Waals surface area contributed by atoms with Crippen LogP contribution in [0, 0.1) is 12.8 Å². The van der Waals surface area contributed by atoms with Crippen LogP contribution in [0.25, 0.3) is 0 Å². The molecule has 3 rings (SSSR count). The Morgan fingerprint density at radius 3 is 2.32 bits per heavy atom. The van der Waals surface area contributed by atoms with Crippen LogP contribution in [0.5, 0.6) is 0 Å². The van der Waals surface area contributed by atoms with Gasteiger partial charge in [0.05, 0.1) is 5.56 Å². The fraction of sp³-hybridized carbons (Fsp3) is 0.409. The summed E-state index contributed by atoms with van der Waals surface area (Å²) < 4.78 is 38.5. The number of carbonyl (C=O) groups is 1. The molecule has 2 aromatic rings. The maximum absolute atomic E-state index is 12.8. The van der Waals surface area contributed by atoms with Gasteiger partial charge in [-0.05, 0) is 62.3 Å². The molecule has 28 heavy (non-hydrogen) atoms. The van der Waals surface area contributed by atoms with Crippen molar-refractivity contribution in [2.24, 2.45) is 11.7 Å². The highest BCUT2D eigenvalue weighted by Crippen LogP contribution is 2.33. The number of hydrogen-bond acceptors (Lipinski definition) is 2. The summed E-state index contributed by atoms with van der Waals surface area (Å²) in [4.78, 5) is 12.4. The molecule has 0 radical (unpaired) electrons. The zero-order valence-corrected chi connectivity index (χ0v) is 15.8. The fourth-order valence-electron chi connectivity index (χ4n) is 3.79. The van der Waals surface area contributed by atoms with E-state index >= 15 is 0 Å². The van der Waals surface area contributed by atoms with Crippen LogP contribution in [-0.2, 0) is 6.18 Å². The van der Waals surface area contributed by atoms with Crippen molar-refractivity contribution in [3.05, 3.63) is 70.8 Å². The minimum Gasteiger partial charge on any atom is -0.349 e. The Balaban J connectivity index is 1.55. The maximum Gasteiger partial charge on any atom is 0.416 e. The van der Waals surface area contributed by atoms with E-state index in [0.29, 0.717) is 5.92 Å². The highest BCUT2D eigenvalue weighted by molar-refractivity contribution is 5.94. The van der Waals surface area contributed by atoms with Gasteiger partial charge in [-0.25, -0.2) is 0 Å². The van der Waals surface area contributed by atoms with Crippen molar-refractivity contribution in [3.8, 4) is 0 Å². The lowest BCUT2D eigenvalue weighted by Gasteiger charge is -2.32. The minimum atomic E-state index is -4.46. The Morgan fingerprint density at radius 2 is 1.71 bits per heavy atom. The lowest BCUT2D eigenvalue weighted by Crippen LogP contribution is -2.39. The molecule has 3 nitrogen and oxygen atoms in total. The summed E-state index contributed by atoms with van der Waals surface area (Å²) in [6, 6.07) is 12.7. The van der Waals surface area contributed by atoms with Gasteiger partial charge in [0.15, 0.2) is 0 Å². The average molecular weight is 390 g/mol. The molecule has 1 atom stereocenters. The molecule has 150 valence electrons. The normalized spacial score (nSPS) is 21.2. The molecule has 1 aliphatic rings. The molecule has 0 heterocycles. The third-order valence-corrected chi connectivity index (χ3v) is 5.53. The zero-order valence-electron chi connectivity index (χ0n) is 15.8. The third kappa shape index (κ3) is 4.93. The number of aryl methyl sites for hydroxylation is 1. The van der Waals surface area contributed by atoms with E-state index in [0.717, 1.165) is 43.4 Å². The summed E-state index contributed by atoms with van der Waals surface area (Å²) in [6.07, 6.45) is -1.16. The van der Waals surface area contributed by atoms with E-state index < -0.39 is 17.6 Å². The Hall–Kier alpha value is -2.34. The van der Waals surface area contributed by atoms with Gasteiger partial charge in [-0.1, -0.05) is 35.9 Å². The van der Waals surface area contributed by atoms with Crippen LogP contribution < -0.4 is 11.1 Å². The number of amides is 1. The first-order valence-electron chi connectivity index (χ1n) is 9.54. The summed E-state index contributed by atoms with van der Waals surface area (Å²) in [5.74, 6) is -0.123. The Labute approximate surface area is 163 Å². The van der Waals surface area contributed by atoms with Crippen LogP contribution in [0.4, 0.5) is 13.2 Å². The highest BCUT2D eigenvalue weighted by Gasteiger charge is 2.31. The van der Waals surface area contributed by atoms with Gasteiger partial charge in [0.2, 0.25) is 0 Å². The van der Waals surface area contributed by atoms with Crippen LogP contribution in [0.1, 0.15) is 58.8 Å². The number of hydrogen-bond donors (Lipinski definition) is 2. The van der Waals surface area contributed by atoms with Gasteiger partial charge in [0.25, 0.3) is 5.91 Å². The van der Waals surface area contributed by atoms with Crippen LogP contribution in [0.2, 0.25) is 0 Å². The van der Waals surface area contributed by atoms with Crippen LogP contribution >= 0.6 is 0 Å². The second-order valence-electron chi connectivity index (χ2n) is 7.60. The molecule has 0 bridgehead atoms. The summed E-state index contributed by atoms with van der Waals surface area (Å²) in [5.41, 5.74) is 7.95. The summed E-state index contributed by atoms with van der Waals surface area (Å²) in [7, 11) is 0. The van der Waals surface area contributed by atoms with E-state index in [2.05, 4.69) is 29.6 Å². The van der Waals surface area contributed by atoms with Crippen molar-refractivity contribution in [3.63, 3.8) is 0 Å². The smallest absolute Gasteiger partial charge is 0.349 e. The largest absolute Gasteiger partial charge is 0.416 e. The number of benzene rings is 2. The van der Waals surface area contributed by atoms with Crippen molar-refractivity contribution in [2.75, 3.05) is 0 Å². The lowest BCUT2D eigenvalue weighted by molar-refractivity contribution is -0.137. The van der Waals surface area contributed by atoms with Gasteiger partial charge < -0.3 is 11.1 Å². The molecular weight excluding hydrogens is 365 g/mol. The number of carbonyl (C=O) groups excluding carboxylic acids is 1. The molecule has 6 heteroatoms. The Kier molecular flexibility index (Phi) is 6.08. The first kappa shape index (κ1) is 20.4.